The fourth-order valence-corrected chi connectivity index (χ4v) is 2.42. The van der Waals surface area contributed by atoms with Gasteiger partial charge in [0.05, 0.1) is 72.0 Å². The highest BCUT2D eigenvalue weighted by Crippen LogP contribution is 2.23. The van der Waals surface area contributed by atoms with Crippen LogP contribution >= 0.6 is 0 Å². The van der Waals surface area contributed by atoms with Crippen molar-refractivity contribution in [1.82, 2.24) is 10.6 Å². The highest BCUT2D eigenvalue weighted by atomic mass is 35.5. The van der Waals surface area contributed by atoms with Gasteiger partial charge in [-0.2, -0.15) is 0 Å². The third-order valence-corrected chi connectivity index (χ3v) is 7.34. The lowest BCUT2D eigenvalue weighted by Gasteiger charge is -2.41. The highest BCUT2D eigenvalue weighted by Gasteiger charge is 2.32. The van der Waals surface area contributed by atoms with Crippen LogP contribution in [0.2, 0.25) is 0 Å². The number of aliphatic carboxylic acids is 1. The number of hydrogen-bond donors (Lipinski definition) is 4. The number of aliphatic hydroxyl groups is 2. The molecule has 0 aliphatic heterocycles. The summed E-state index contributed by atoms with van der Waals surface area (Å²) < 4.78 is 1.86. The zero-order chi connectivity index (χ0) is 34.5. The van der Waals surface area contributed by atoms with Crippen LogP contribution < -0.4 is 28.1 Å². The lowest BCUT2D eigenvalue weighted by Crippen LogP contribution is -3.00. The van der Waals surface area contributed by atoms with E-state index in [9.17, 15) is 9.59 Å². The average Bonchev–Trinajstić information content (AvgIpc) is 2.83. The van der Waals surface area contributed by atoms with Crippen LogP contribution in [0.4, 0.5) is 0 Å². The van der Waals surface area contributed by atoms with Crippen molar-refractivity contribution in [3.05, 3.63) is 37.0 Å². The molecule has 0 aromatic rings. The second-order valence-corrected chi connectivity index (χ2v) is 13.5. The second kappa shape index (κ2) is 24.1. The molecule has 43 heavy (non-hydrogen) atoms. The Balaban J connectivity index is -0.000000167. The Hall–Kier alpha value is -2.24. The lowest BCUT2D eigenvalue weighted by molar-refractivity contribution is -0.920. The van der Waals surface area contributed by atoms with Crippen LogP contribution in [0.3, 0.4) is 0 Å². The van der Waals surface area contributed by atoms with E-state index in [0.29, 0.717) is 11.1 Å². The summed E-state index contributed by atoms with van der Waals surface area (Å²) in [6.07, 6.45) is 4.35. The van der Waals surface area contributed by atoms with E-state index < -0.39 is 12.1 Å². The molecule has 0 aliphatic rings. The number of nitrogens with zero attached hydrogens (tertiary/aromatic N) is 2. The first-order chi connectivity index (χ1) is 18.7. The summed E-state index contributed by atoms with van der Waals surface area (Å²) in [7, 11) is 13.2. The maximum absolute atomic E-state index is 11.2. The molecule has 0 aromatic carbocycles. The molecule has 10 nitrogen and oxygen atoms in total. The van der Waals surface area contributed by atoms with Gasteiger partial charge in [0.25, 0.3) is 0 Å². The molecule has 1 atom stereocenters. The monoisotopic (exact) mass is 636 g/mol. The van der Waals surface area contributed by atoms with Gasteiger partial charge >= 0.3 is 0 Å². The summed E-state index contributed by atoms with van der Waals surface area (Å²) in [5.41, 5.74) is 1.61. The molecule has 4 N–H and O–H groups in total. The number of carboxylic acid groups (broad SMARTS) is 1. The summed E-state index contributed by atoms with van der Waals surface area (Å²) in [6, 6.07) is 0. The largest absolute Gasteiger partial charge is 1.00 e. The number of carbonyl (C=O) groups excluding carboxylic acids is 3. The van der Waals surface area contributed by atoms with E-state index in [4.69, 9.17) is 20.1 Å². The van der Waals surface area contributed by atoms with Crippen LogP contribution in [-0.4, -0.2) is 116 Å². The molecular formula is C32H65ClN4O6. The van der Waals surface area contributed by atoms with Gasteiger partial charge in [-0.15, -0.1) is 0 Å². The fourth-order valence-electron chi connectivity index (χ4n) is 2.42. The quantitative estimate of drug-likeness (QED) is 0.112. The van der Waals surface area contributed by atoms with Crippen LogP contribution in [0.1, 0.15) is 74.1 Å². The van der Waals surface area contributed by atoms with Gasteiger partial charge in [0.2, 0.25) is 11.8 Å². The van der Waals surface area contributed by atoms with Gasteiger partial charge < -0.3 is 52.1 Å². The van der Waals surface area contributed by atoms with E-state index in [1.807, 2.05) is 0 Å². The van der Waals surface area contributed by atoms with E-state index in [-0.39, 0.29) is 41.9 Å². The summed E-state index contributed by atoms with van der Waals surface area (Å²) in [5.74, 6) is -1.31. The Morgan fingerprint density at radius 2 is 1.05 bits per heavy atom. The van der Waals surface area contributed by atoms with Gasteiger partial charge in [0.1, 0.15) is 0 Å². The van der Waals surface area contributed by atoms with Crippen LogP contribution in [0.5, 0.6) is 0 Å². The van der Waals surface area contributed by atoms with Crippen LogP contribution in [0.15, 0.2) is 37.0 Å². The third kappa shape index (κ3) is 29.6. The van der Waals surface area contributed by atoms with Gasteiger partial charge in [-0.3, -0.25) is 9.59 Å². The topological polar surface area (TPSA) is 139 Å². The van der Waals surface area contributed by atoms with Crippen molar-refractivity contribution < 1.29 is 51.1 Å². The fraction of sp³-hybridized carbons (Fsp3) is 0.719. The average molecular weight is 637 g/mol. The second-order valence-electron chi connectivity index (χ2n) is 13.5. The molecule has 0 bridgehead atoms. The van der Waals surface area contributed by atoms with E-state index in [2.05, 4.69) is 100 Å². The molecule has 0 rings (SSSR count). The van der Waals surface area contributed by atoms with Crippen LogP contribution in [0.25, 0.3) is 0 Å². The zero-order valence-electron chi connectivity index (χ0n) is 29.5. The molecule has 0 aromatic heterocycles. The first-order valence-electron chi connectivity index (χ1n) is 14.3. The number of amides is 2. The van der Waals surface area contributed by atoms with Gasteiger partial charge in [0.15, 0.2) is 0 Å². The molecule has 256 valence electrons. The molecule has 0 radical (unpaired) electrons. The van der Waals surface area contributed by atoms with Crippen molar-refractivity contribution in [3.63, 3.8) is 0 Å². The number of rotatable bonds is 14. The lowest BCUT2D eigenvalue weighted by atomic mass is 9.95. The number of quaternary nitrogens is 2. The molecule has 0 saturated carbocycles. The predicted molar refractivity (Wildman–Crippen MR) is 172 cm³/mol. The molecule has 0 heterocycles. The Kier molecular flexibility index (Phi) is 28.3. The minimum atomic E-state index is -1.23. The Morgan fingerprint density at radius 3 is 1.19 bits per heavy atom. The summed E-state index contributed by atoms with van der Waals surface area (Å²) in [4.78, 5) is 31.6. The van der Waals surface area contributed by atoms with E-state index in [0.717, 1.165) is 53.8 Å². The molecule has 0 spiro atoms. The summed E-state index contributed by atoms with van der Waals surface area (Å²) in [5, 5.41) is 30.9. The van der Waals surface area contributed by atoms with Crippen molar-refractivity contribution in [1.29, 1.82) is 0 Å². The molecule has 2 amide bonds. The molecule has 0 saturated heterocycles. The van der Waals surface area contributed by atoms with Crippen molar-refractivity contribution in [2.45, 2.75) is 91.3 Å². The molecule has 0 aliphatic carbocycles. The first kappa shape index (κ1) is 50.4. The Bertz CT molecular complexity index is 786. The maximum atomic E-state index is 11.2. The minimum Gasteiger partial charge on any atom is -1.00 e. The van der Waals surface area contributed by atoms with Gasteiger partial charge in [0, 0.05) is 37.1 Å². The van der Waals surface area contributed by atoms with Crippen LogP contribution in [0, 0.1) is 0 Å². The number of aliphatic hydroxyl groups excluding tert-OH is 2. The highest BCUT2D eigenvalue weighted by molar-refractivity contribution is 5.92. The van der Waals surface area contributed by atoms with Gasteiger partial charge in [-0.05, 0) is 67.4 Å². The van der Waals surface area contributed by atoms with Crippen molar-refractivity contribution >= 4 is 17.8 Å². The standard InChI is InChI=1S/2C13H26N2O.C3H8O2.C3H4O2.ClH/c2*1-11(2)12(16)14-10-8-9-13(3,4)15(5,6)7;1-3(5)2-4;1-2-3(4)5;/h2*1,8-10H2,2-7H3;3-5H,2H2,1H3;2H,1H2,(H,4,5);1H. The SMILES string of the molecule is C=C(C)C(=O)NCCCC(C)(C)[N+](C)(C)C.C=C(C)C(=O)NCCCC(C)(C)[N+](C)(C)C.C=CC(=O)[O-].CC(O)CO.[Cl-]. The van der Waals surface area contributed by atoms with Crippen molar-refractivity contribution in [2.75, 3.05) is 62.0 Å². The molecule has 0 fully saturated rings. The Morgan fingerprint density at radius 1 is 0.814 bits per heavy atom. The van der Waals surface area contributed by atoms with Crippen molar-refractivity contribution in [3.8, 4) is 0 Å². The summed E-state index contributed by atoms with van der Waals surface area (Å²) >= 11 is 0. The number of halogens is 1. The van der Waals surface area contributed by atoms with Gasteiger partial charge in [-0.25, -0.2) is 0 Å². The molecular weight excluding hydrogens is 572 g/mol. The zero-order valence-corrected chi connectivity index (χ0v) is 30.3. The van der Waals surface area contributed by atoms with Gasteiger partial charge in [-0.1, -0.05) is 19.7 Å². The molecule has 1 unspecified atom stereocenters. The normalized spacial score (nSPS) is 11.7. The first-order valence-corrected chi connectivity index (χ1v) is 14.3. The van der Waals surface area contributed by atoms with E-state index >= 15 is 0 Å². The third-order valence-electron chi connectivity index (χ3n) is 7.34. The molecule has 11 heteroatoms. The number of carbonyl (C=O) groups is 3. The summed E-state index contributed by atoms with van der Waals surface area (Å²) in [6.45, 7) is 25.4. The van der Waals surface area contributed by atoms with E-state index in [1.165, 1.54) is 6.92 Å². The predicted octanol–water partition coefficient (Wildman–Crippen LogP) is -0.827. The smallest absolute Gasteiger partial charge is 0.246 e. The minimum absolute atomic E-state index is 0. The Labute approximate surface area is 269 Å². The number of nitrogens with one attached hydrogen (secondary N) is 2. The van der Waals surface area contributed by atoms with Crippen molar-refractivity contribution in [2.24, 2.45) is 0 Å². The van der Waals surface area contributed by atoms with Crippen LogP contribution in [-0.2, 0) is 14.4 Å². The maximum Gasteiger partial charge on any atom is 0.246 e. The van der Waals surface area contributed by atoms with E-state index in [1.54, 1.807) is 13.8 Å². The number of hydrogen-bond acceptors (Lipinski definition) is 6. The number of carboxylic acids is 1.